The SMILES string of the molecule is CC.CC.COc1c2ccccc2c(OO)c2ccccc12. The van der Waals surface area contributed by atoms with Gasteiger partial charge >= 0.3 is 0 Å². The molecular formula is C19H24O3. The van der Waals surface area contributed by atoms with Crippen molar-refractivity contribution < 1.29 is 14.9 Å². The molecule has 0 saturated heterocycles. The van der Waals surface area contributed by atoms with Crippen molar-refractivity contribution in [1.82, 2.24) is 0 Å². The Kier molecular flexibility index (Phi) is 7.20. The molecule has 0 radical (unpaired) electrons. The molecule has 118 valence electrons. The van der Waals surface area contributed by atoms with Crippen LogP contribution in [0.25, 0.3) is 21.5 Å². The quantitative estimate of drug-likeness (QED) is 0.363. The van der Waals surface area contributed by atoms with Crippen molar-refractivity contribution in [2.75, 3.05) is 7.11 Å². The van der Waals surface area contributed by atoms with E-state index in [4.69, 9.17) is 9.99 Å². The third kappa shape index (κ3) is 3.15. The fraction of sp³-hybridized carbons (Fsp3) is 0.263. The van der Waals surface area contributed by atoms with E-state index in [2.05, 4.69) is 4.89 Å². The van der Waals surface area contributed by atoms with E-state index in [1.807, 2.05) is 76.2 Å². The van der Waals surface area contributed by atoms with Crippen LogP contribution in [0.15, 0.2) is 48.5 Å². The smallest absolute Gasteiger partial charge is 0.180 e. The van der Waals surface area contributed by atoms with Crippen molar-refractivity contribution in [3.63, 3.8) is 0 Å². The molecule has 0 bridgehead atoms. The van der Waals surface area contributed by atoms with Gasteiger partial charge in [-0.1, -0.05) is 76.2 Å². The number of methoxy groups -OCH3 is 1. The third-order valence-electron chi connectivity index (χ3n) is 3.13. The van der Waals surface area contributed by atoms with E-state index in [0.717, 1.165) is 27.3 Å². The molecule has 0 aliphatic carbocycles. The van der Waals surface area contributed by atoms with Crippen LogP contribution in [-0.2, 0) is 0 Å². The molecule has 3 nitrogen and oxygen atoms in total. The van der Waals surface area contributed by atoms with Crippen LogP contribution in [0, 0.1) is 0 Å². The van der Waals surface area contributed by atoms with Crippen molar-refractivity contribution in [2.45, 2.75) is 27.7 Å². The summed E-state index contributed by atoms with van der Waals surface area (Å²) in [7, 11) is 1.65. The summed E-state index contributed by atoms with van der Waals surface area (Å²) in [5, 5.41) is 12.7. The predicted octanol–water partition coefficient (Wildman–Crippen LogP) is 5.91. The van der Waals surface area contributed by atoms with E-state index in [0.29, 0.717) is 5.75 Å². The average molecular weight is 300 g/mol. The largest absolute Gasteiger partial charge is 0.495 e. The molecule has 0 heterocycles. The van der Waals surface area contributed by atoms with Crippen LogP contribution in [0.4, 0.5) is 0 Å². The minimum absolute atomic E-state index is 0.460. The van der Waals surface area contributed by atoms with E-state index < -0.39 is 0 Å². The first-order valence-corrected chi connectivity index (χ1v) is 7.65. The molecule has 3 heteroatoms. The predicted molar refractivity (Wildman–Crippen MR) is 94.0 cm³/mol. The van der Waals surface area contributed by atoms with Gasteiger partial charge in [-0.25, -0.2) is 5.26 Å². The highest BCUT2D eigenvalue weighted by Crippen LogP contribution is 2.41. The lowest BCUT2D eigenvalue weighted by atomic mass is 10.0. The van der Waals surface area contributed by atoms with Crippen molar-refractivity contribution in [3.05, 3.63) is 48.5 Å². The van der Waals surface area contributed by atoms with E-state index in [-0.39, 0.29) is 0 Å². The zero-order valence-corrected chi connectivity index (χ0v) is 13.9. The fourth-order valence-corrected chi connectivity index (χ4v) is 2.37. The van der Waals surface area contributed by atoms with Crippen LogP contribution in [0.1, 0.15) is 27.7 Å². The Bertz CT molecular complexity index is 601. The summed E-state index contributed by atoms with van der Waals surface area (Å²) < 4.78 is 5.50. The van der Waals surface area contributed by atoms with Gasteiger partial charge in [-0.3, -0.25) is 0 Å². The van der Waals surface area contributed by atoms with Gasteiger partial charge in [-0.2, -0.15) is 0 Å². The topological polar surface area (TPSA) is 38.7 Å². The van der Waals surface area contributed by atoms with Gasteiger partial charge in [0.2, 0.25) is 0 Å². The summed E-state index contributed by atoms with van der Waals surface area (Å²) >= 11 is 0. The second-order valence-electron chi connectivity index (χ2n) is 4.04. The first kappa shape index (κ1) is 17.8. The molecule has 3 rings (SSSR count). The lowest BCUT2D eigenvalue weighted by Gasteiger charge is -2.13. The van der Waals surface area contributed by atoms with Gasteiger partial charge in [0.25, 0.3) is 0 Å². The summed E-state index contributed by atoms with van der Waals surface area (Å²) in [4.78, 5) is 4.58. The molecule has 0 saturated carbocycles. The number of hydrogen-bond acceptors (Lipinski definition) is 3. The van der Waals surface area contributed by atoms with Crippen molar-refractivity contribution in [2.24, 2.45) is 0 Å². The number of rotatable bonds is 2. The van der Waals surface area contributed by atoms with Crippen molar-refractivity contribution >= 4 is 21.5 Å². The molecule has 3 aromatic rings. The molecule has 0 unspecified atom stereocenters. The minimum Gasteiger partial charge on any atom is -0.495 e. The van der Waals surface area contributed by atoms with E-state index in [1.54, 1.807) is 7.11 Å². The molecule has 0 aromatic heterocycles. The Morgan fingerprint density at radius 2 is 0.955 bits per heavy atom. The van der Waals surface area contributed by atoms with Gasteiger partial charge in [0, 0.05) is 21.5 Å². The summed E-state index contributed by atoms with van der Waals surface area (Å²) in [5.41, 5.74) is 0. The van der Waals surface area contributed by atoms with Crippen LogP contribution in [0.2, 0.25) is 0 Å². The Morgan fingerprint density at radius 3 is 1.23 bits per heavy atom. The van der Waals surface area contributed by atoms with Crippen molar-refractivity contribution in [3.8, 4) is 11.5 Å². The van der Waals surface area contributed by atoms with Gasteiger partial charge in [-0.05, 0) is 0 Å². The maximum atomic E-state index is 9.16. The normalized spacial score (nSPS) is 9.36. The zero-order chi connectivity index (χ0) is 16.5. The molecular weight excluding hydrogens is 276 g/mol. The Balaban J connectivity index is 0.000000561. The molecule has 0 fully saturated rings. The molecule has 3 aromatic carbocycles. The van der Waals surface area contributed by atoms with Gasteiger partial charge in [-0.15, -0.1) is 0 Å². The minimum atomic E-state index is 0.460. The molecule has 1 N–H and O–H groups in total. The molecule has 0 aliphatic heterocycles. The van der Waals surface area contributed by atoms with Crippen molar-refractivity contribution in [1.29, 1.82) is 0 Å². The number of fused-ring (bicyclic) bond motifs is 2. The van der Waals surface area contributed by atoms with Crippen LogP contribution >= 0.6 is 0 Å². The summed E-state index contributed by atoms with van der Waals surface area (Å²) in [5.74, 6) is 1.25. The van der Waals surface area contributed by atoms with Gasteiger partial charge in [0.05, 0.1) is 7.11 Å². The second kappa shape index (κ2) is 8.90. The van der Waals surface area contributed by atoms with Crippen LogP contribution in [0.3, 0.4) is 0 Å². The van der Waals surface area contributed by atoms with Gasteiger partial charge < -0.3 is 9.62 Å². The number of benzene rings is 3. The fourth-order valence-electron chi connectivity index (χ4n) is 2.37. The first-order chi connectivity index (χ1) is 10.9. The van der Waals surface area contributed by atoms with Gasteiger partial charge in [0.15, 0.2) is 5.75 Å². The monoisotopic (exact) mass is 300 g/mol. The lowest BCUT2D eigenvalue weighted by molar-refractivity contribution is -0.134. The Morgan fingerprint density at radius 1 is 0.636 bits per heavy atom. The average Bonchev–Trinajstić information content (AvgIpc) is 2.63. The summed E-state index contributed by atoms with van der Waals surface area (Å²) in [6.07, 6.45) is 0. The Labute approximate surface area is 132 Å². The highest BCUT2D eigenvalue weighted by molar-refractivity contribution is 6.10. The van der Waals surface area contributed by atoms with E-state index in [1.165, 1.54) is 0 Å². The van der Waals surface area contributed by atoms with E-state index in [9.17, 15) is 0 Å². The molecule has 22 heavy (non-hydrogen) atoms. The van der Waals surface area contributed by atoms with Crippen LogP contribution in [0.5, 0.6) is 11.5 Å². The molecule has 0 atom stereocenters. The molecule has 0 aliphatic rings. The summed E-state index contributed by atoms with van der Waals surface area (Å²) in [6, 6.07) is 15.4. The van der Waals surface area contributed by atoms with Crippen LogP contribution in [-0.4, -0.2) is 12.4 Å². The Hall–Kier alpha value is -2.26. The maximum absolute atomic E-state index is 9.16. The zero-order valence-electron chi connectivity index (χ0n) is 13.9. The molecule has 0 spiro atoms. The van der Waals surface area contributed by atoms with Gasteiger partial charge in [0.1, 0.15) is 5.75 Å². The lowest BCUT2D eigenvalue weighted by Crippen LogP contribution is -1.92. The number of ether oxygens (including phenoxy) is 1. The number of hydrogen-bond donors (Lipinski definition) is 1. The molecule has 0 amide bonds. The second-order valence-corrected chi connectivity index (χ2v) is 4.04. The standard InChI is InChI=1S/C15H12O3.2C2H6/c1-17-14-10-6-2-4-8-12(10)15(18-16)13-9-5-3-7-11(13)14;2*1-2/h2-9,16H,1H3;2*1-2H3. The third-order valence-corrected chi connectivity index (χ3v) is 3.13. The maximum Gasteiger partial charge on any atom is 0.180 e. The first-order valence-electron chi connectivity index (χ1n) is 7.65. The summed E-state index contributed by atoms with van der Waals surface area (Å²) in [6.45, 7) is 8.00. The highest BCUT2D eigenvalue weighted by atomic mass is 17.1. The highest BCUT2D eigenvalue weighted by Gasteiger charge is 2.14. The van der Waals surface area contributed by atoms with E-state index >= 15 is 0 Å². The van der Waals surface area contributed by atoms with Crippen LogP contribution < -0.4 is 9.62 Å².